The molecule has 0 aromatic carbocycles. The first-order valence-electron chi connectivity index (χ1n) is 7.34. The third-order valence-electron chi connectivity index (χ3n) is 3.83. The van der Waals surface area contributed by atoms with Gasteiger partial charge in [-0.3, -0.25) is 4.79 Å². The molecule has 0 aromatic rings. The molecule has 1 heterocycles. The van der Waals surface area contributed by atoms with E-state index in [1.54, 1.807) is 7.11 Å². The van der Waals surface area contributed by atoms with Crippen molar-refractivity contribution in [1.82, 2.24) is 10.2 Å². The number of ether oxygens (including phenoxy) is 2. The van der Waals surface area contributed by atoms with Crippen molar-refractivity contribution in [3.8, 4) is 0 Å². The predicted octanol–water partition coefficient (Wildman–Crippen LogP) is 0.498. The molecule has 1 N–H and O–H groups in total. The largest absolute Gasteiger partial charge is 0.382 e. The smallest absolute Gasteiger partial charge is 0.236 e. The summed E-state index contributed by atoms with van der Waals surface area (Å²) in [5, 5.41) is 3.26. The summed E-state index contributed by atoms with van der Waals surface area (Å²) < 4.78 is 10.5. The van der Waals surface area contributed by atoms with Crippen LogP contribution >= 0.6 is 0 Å². The average Bonchev–Trinajstić information content (AvgIpc) is 3.11. The van der Waals surface area contributed by atoms with E-state index in [0.717, 1.165) is 38.6 Å². The number of nitrogens with zero attached hydrogens (tertiary/aromatic N) is 1. The fraction of sp³-hybridized carbons (Fsp3) is 0.929. The number of rotatable bonds is 9. The molecule has 19 heavy (non-hydrogen) atoms. The molecule has 1 saturated heterocycles. The third-order valence-corrected chi connectivity index (χ3v) is 3.83. The van der Waals surface area contributed by atoms with Crippen molar-refractivity contribution >= 4 is 5.91 Å². The molecule has 0 radical (unpaired) electrons. The summed E-state index contributed by atoms with van der Waals surface area (Å²) >= 11 is 0. The lowest BCUT2D eigenvalue weighted by Crippen LogP contribution is -2.37. The van der Waals surface area contributed by atoms with Crippen LogP contribution in [0.4, 0.5) is 0 Å². The lowest BCUT2D eigenvalue weighted by molar-refractivity contribution is -0.129. The summed E-state index contributed by atoms with van der Waals surface area (Å²) in [5.41, 5.74) is 0. The zero-order valence-corrected chi connectivity index (χ0v) is 11.9. The maximum atomic E-state index is 12.0. The van der Waals surface area contributed by atoms with E-state index < -0.39 is 0 Å². The van der Waals surface area contributed by atoms with E-state index in [4.69, 9.17) is 9.47 Å². The van der Waals surface area contributed by atoms with Crippen LogP contribution in [0.5, 0.6) is 0 Å². The van der Waals surface area contributed by atoms with Crippen LogP contribution in [0.2, 0.25) is 0 Å². The van der Waals surface area contributed by atoms with E-state index in [1.807, 2.05) is 4.90 Å². The Morgan fingerprint density at radius 2 is 2.11 bits per heavy atom. The maximum Gasteiger partial charge on any atom is 0.236 e. The van der Waals surface area contributed by atoms with E-state index in [0.29, 0.717) is 25.7 Å². The highest BCUT2D eigenvalue weighted by molar-refractivity contribution is 5.78. The molecule has 1 amide bonds. The van der Waals surface area contributed by atoms with Crippen LogP contribution in [0.3, 0.4) is 0 Å². The Bertz CT molecular complexity index is 282. The summed E-state index contributed by atoms with van der Waals surface area (Å²) in [4.78, 5) is 13.9. The lowest BCUT2D eigenvalue weighted by atomic mass is 10.1. The van der Waals surface area contributed by atoms with Gasteiger partial charge in [-0.1, -0.05) is 0 Å². The minimum absolute atomic E-state index is 0.236. The van der Waals surface area contributed by atoms with Gasteiger partial charge < -0.3 is 19.7 Å². The molecule has 5 nitrogen and oxygen atoms in total. The van der Waals surface area contributed by atoms with Crippen molar-refractivity contribution in [2.24, 2.45) is 11.8 Å². The highest BCUT2D eigenvalue weighted by atomic mass is 16.5. The van der Waals surface area contributed by atoms with Crippen molar-refractivity contribution in [3.63, 3.8) is 0 Å². The number of hydrogen-bond donors (Lipinski definition) is 1. The second-order valence-corrected chi connectivity index (χ2v) is 5.64. The Balaban J connectivity index is 1.53. The zero-order valence-electron chi connectivity index (χ0n) is 11.9. The first kappa shape index (κ1) is 14.8. The average molecular weight is 270 g/mol. The summed E-state index contributed by atoms with van der Waals surface area (Å²) in [5.74, 6) is 1.55. The van der Waals surface area contributed by atoms with Crippen molar-refractivity contribution in [3.05, 3.63) is 0 Å². The minimum Gasteiger partial charge on any atom is -0.382 e. The summed E-state index contributed by atoms with van der Waals surface area (Å²) in [6.07, 6.45) is 3.71. The number of likely N-dealkylation sites (tertiary alicyclic amines) is 1. The Morgan fingerprint density at radius 1 is 1.26 bits per heavy atom. The van der Waals surface area contributed by atoms with Gasteiger partial charge in [0.25, 0.3) is 0 Å². The highest BCUT2D eigenvalue weighted by Gasteiger charge is 2.26. The molecule has 2 aliphatic rings. The van der Waals surface area contributed by atoms with Crippen molar-refractivity contribution in [1.29, 1.82) is 0 Å². The van der Waals surface area contributed by atoms with Crippen LogP contribution in [0.1, 0.15) is 19.3 Å². The first-order chi connectivity index (χ1) is 9.29. The Hall–Kier alpha value is -0.650. The van der Waals surface area contributed by atoms with E-state index in [-0.39, 0.29) is 5.91 Å². The molecule has 5 heteroatoms. The molecule has 2 fully saturated rings. The lowest BCUT2D eigenvalue weighted by Gasteiger charge is -2.17. The van der Waals surface area contributed by atoms with E-state index in [1.165, 1.54) is 12.8 Å². The van der Waals surface area contributed by atoms with Crippen LogP contribution in [0.25, 0.3) is 0 Å². The first-order valence-corrected chi connectivity index (χ1v) is 7.34. The summed E-state index contributed by atoms with van der Waals surface area (Å²) in [6, 6.07) is 0. The molecule has 1 aliphatic carbocycles. The summed E-state index contributed by atoms with van der Waals surface area (Å²) in [7, 11) is 1.67. The van der Waals surface area contributed by atoms with Crippen LogP contribution in [-0.2, 0) is 14.3 Å². The van der Waals surface area contributed by atoms with Crippen LogP contribution in [0, 0.1) is 11.8 Å². The monoisotopic (exact) mass is 270 g/mol. The van der Waals surface area contributed by atoms with Gasteiger partial charge >= 0.3 is 0 Å². The number of carbonyl (C=O) groups is 1. The van der Waals surface area contributed by atoms with Gasteiger partial charge in [0, 0.05) is 26.1 Å². The van der Waals surface area contributed by atoms with Gasteiger partial charge in [-0.25, -0.2) is 0 Å². The van der Waals surface area contributed by atoms with E-state index in [2.05, 4.69) is 5.32 Å². The molecule has 0 bridgehead atoms. The molecule has 1 atom stereocenters. The number of nitrogens with one attached hydrogen (secondary N) is 1. The van der Waals surface area contributed by atoms with Gasteiger partial charge in [-0.05, 0) is 31.7 Å². The predicted molar refractivity (Wildman–Crippen MR) is 73.0 cm³/mol. The van der Waals surface area contributed by atoms with Gasteiger partial charge in [-0.2, -0.15) is 0 Å². The molecule has 1 saturated carbocycles. The molecule has 0 aromatic heterocycles. The number of hydrogen-bond acceptors (Lipinski definition) is 4. The Kier molecular flexibility index (Phi) is 6.07. The highest BCUT2D eigenvalue weighted by Crippen LogP contribution is 2.27. The van der Waals surface area contributed by atoms with Crippen molar-refractivity contribution < 1.29 is 14.3 Å². The SMILES string of the molecule is COCCOCC1CCN(C(=O)CNCC2CC2)C1. The van der Waals surface area contributed by atoms with Crippen LogP contribution in [0.15, 0.2) is 0 Å². The second kappa shape index (κ2) is 7.82. The van der Waals surface area contributed by atoms with E-state index in [9.17, 15) is 4.79 Å². The Labute approximate surface area is 115 Å². The van der Waals surface area contributed by atoms with Gasteiger partial charge in [-0.15, -0.1) is 0 Å². The fourth-order valence-electron chi connectivity index (χ4n) is 2.40. The normalized spacial score (nSPS) is 23.0. The third kappa shape index (κ3) is 5.47. The molecule has 110 valence electrons. The van der Waals surface area contributed by atoms with Crippen LogP contribution in [-0.4, -0.2) is 63.9 Å². The molecule has 1 unspecified atom stereocenters. The fourth-order valence-corrected chi connectivity index (χ4v) is 2.40. The second-order valence-electron chi connectivity index (χ2n) is 5.64. The molecular formula is C14H26N2O3. The van der Waals surface area contributed by atoms with Crippen LogP contribution < -0.4 is 5.32 Å². The van der Waals surface area contributed by atoms with Gasteiger partial charge in [0.15, 0.2) is 0 Å². The van der Waals surface area contributed by atoms with Gasteiger partial charge in [0.2, 0.25) is 5.91 Å². The van der Waals surface area contributed by atoms with Gasteiger partial charge in [0.05, 0.1) is 26.4 Å². The van der Waals surface area contributed by atoms with Crippen molar-refractivity contribution in [2.45, 2.75) is 19.3 Å². The molecular weight excluding hydrogens is 244 g/mol. The molecule has 0 spiro atoms. The standard InChI is InChI=1S/C14H26N2O3/c1-18-6-7-19-11-13-4-5-16(10-13)14(17)9-15-8-12-2-3-12/h12-13,15H,2-11H2,1H3. The summed E-state index contributed by atoms with van der Waals surface area (Å²) in [6.45, 7) is 5.24. The number of methoxy groups -OCH3 is 1. The van der Waals surface area contributed by atoms with E-state index >= 15 is 0 Å². The van der Waals surface area contributed by atoms with Gasteiger partial charge in [0.1, 0.15) is 0 Å². The maximum absolute atomic E-state index is 12.0. The van der Waals surface area contributed by atoms with Crippen molar-refractivity contribution in [2.75, 3.05) is 53.1 Å². The number of carbonyl (C=O) groups excluding carboxylic acids is 1. The number of amides is 1. The zero-order chi connectivity index (χ0) is 13.5. The Morgan fingerprint density at radius 3 is 2.84 bits per heavy atom. The quantitative estimate of drug-likeness (QED) is 0.620. The topological polar surface area (TPSA) is 50.8 Å². The molecule has 2 rings (SSSR count). The minimum atomic E-state index is 0.236. The molecule has 1 aliphatic heterocycles.